The number of quaternary nitrogens is 1. The summed E-state index contributed by atoms with van der Waals surface area (Å²) in [6.07, 6.45) is 1.43. The van der Waals surface area contributed by atoms with E-state index in [1.165, 1.54) is 10.5 Å². The summed E-state index contributed by atoms with van der Waals surface area (Å²) >= 11 is 0. The zero-order valence-electron chi connectivity index (χ0n) is 13.1. The Hall–Kier alpha value is -1.39. The van der Waals surface area contributed by atoms with E-state index in [0.29, 0.717) is 0 Å². The first-order valence-corrected chi connectivity index (χ1v) is 7.95. The monoisotopic (exact) mass is 289 g/mol. The van der Waals surface area contributed by atoms with Crippen LogP contribution in [0.4, 0.5) is 5.69 Å². The molecular formula is C17H25N2O2+. The number of anilines is 1. The summed E-state index contributed by atoms with van der Waals surface area (Å²) in [5.74, 6) is 0.247. The molecule has 4 nitrogen and oxygen atoms in total. The second-order valence-electron chi connectivity index (χ2n) is 6.41. The van der Waals surface area contributed by atoms with E-state index in [1.807, 2.05) is 17.0 Å². The number of hydrogen-bond donors (Lipinski definition) is 1. The quantitative estimate of drug-likeness (QED) is 0.868. The number of nitrogens with zero attached hydrogens (tertiary/aromatic N) is 1. The Morgan fingerprint density at radius 3 is 2.67 bits per heavy atom. The van der Waals surface area contributed by atoms with Crippen molar-refractivity contribution in [2.24, 2.45) is 0 Å². The lowest BCUT2D eigenvalue weighted by Gasteiger charge is -2.36. The van der Waals surface area contributed by atoms with Crippen LogP contribution in [0.3, 0.4) is 0 Å². The highest BCUT2D eigenvalue weighted by atomic mass is 16.5. The van der Waals surface area contributed by atoms with Gasteiger partial charge in [0.1, 0.15) is 25.3 Å². The van der Waals surface area contributed by atoms with Gasteiger partial charge in [0.2, 0.25) is 0 Å². The maximum Gasteiger partial charge on any atom is 0.284 e. The minimum Gasteiger partial charge on any atom is -0.364 e. The lowest BCUT2D eigenvalue weighted by atomic mass is 10.1. The van der Waals surface area contributed by atoms with Gasteiger partial charge in [0.25, 0.3) is 5.91 Å². The molecule has 2 aliphatic rings. The smallest absolute Gasteiger partial charge is 0.284 e. The van der Waals surface area contributed by atoms with Crippen LogP contribution in [0.2, 0.25) is 0 Å². The molecule has 0 aromatic heterocycles. The summed E-state index contributed by atoms with van der Waals surface area (Å²) in [5.41, 5.74) is 2.39. The number of morpholine rings is 1. The van der Waals surface area contributed by atoms with Crippen molar-refractivity contribution in [3.05, 3.63) is 29.8 Å². The Bertz CT molecular complexity index is 521. The van der Waals surface area contributed by atoms with Gasteiger partial charge in [0, 0.05) is 12.2 Å². The van der Waals surface area contributed by atoms with Crippen molar-refractivity contribution in [2.75, 3.05) is 24.5 Å². The summed E-state index contributed by atoms with van der Waals surface area (Å²) in [7, 11) is 0. The number of nitrogens with one attached hydrogen (secondary N) is 1. The maximum absolute atomic E-state index is 12.9. The van der Waals surface area contributed by atoms with Gasteiger partial charge in [-0.15, -0.1) is 0 Å². The fourth-order valence-electron chi connectivity index (χ4n) is 3.64. The first-order chi connectivity index (χ1) is 10.1. The van der Waals surface area contributed by atoms with Crippen LogP contribution in [0.15, 0.2) is 24.3 Å². The molecule has 1 saturated heterocycles. The Morgan fingerprint density at radius 2 is 1.95 bits per heavy atom. The number of para-hydroxylation sites is 1. The van der Waals surface area contributed by atoms with Crippen LogP contribution in [0.1, 0.15) is 26.3 Å². The topological polar surface area (TPSA) is 34.0 Å². The predicted octanol–water partition coefficient (Wildman–Crippen LogP) is 0.656. The predicted molar refractivity (Wildman–Crippen MR) is 82.7 cm³/mol. The number of ether oxygens (including phenoxy) is 1. The van der Waals surface area contributed by atoms with E-state index < -0.39 is 0 Å². The molecule has 1 fully saturated rings. The van der Waals surface area contributed by atoms with Crippen molar-refractivity contribution in [1.29, 1.82) is 0 Å². The van der Waals surface area contributed by atoms with Crippen LogP contribution in [-0.2, 0) is 16.0 Å². The molecule has 1 amide bonds. The van der Waals surface area contributed by atoms with Crippen LogP contribution in [0.5, 0.6) is 0 Å². The van der Waals surface area contributed by atoms with Gasteiger partial charge in [-0.25, -0.2) is 0 Å². The molecule has 0 spiro atoms. The van der Waals surface area contributed by atoms with E-state index in [0.717, 1.165) is 31.7 Å². The number of carbonyl (C=O) groups is 1. The minimum atomic E-state index is -0.00930. The van der Waals surface area contributed by atoms with Crippen molar-refractivity contribution in [3.63, 3.8) is 0 Å². The molecule has 114 valence electrons. The second-order valence-corrected chi connectivity index (χ2v) is 6.41. The van der Waals surface area contributed by atoms with Crippen molar-refractivity contribution in [3.8, 4) is 0 Å². The molecule has 21 heavy (non-hydrogen) atoms. The van der Waals surface area contributed by atoms with Crippen LogP contribution in [0.25, 0.3) is 0 Å². The van der Waals surface area contributed by atoms with E-state index in [1.54, 1.807) is 0 Å². The largest absolute Gasteiger partial charge is 0.364 e. The molecule has 2 aliphatic heterocycles. The lowest BCUT2D eigenvalue weighted by molar-refractivity contribution is -0.928. The molecule has 3 atom stereocenters. The highest BCUT2D eigenvalue weighted by molar-refractivity contribution is 5.97. The number of benzene rings is 1. The van der Waals surface area contributed by atoms with E-state index in [4.69, 9.17) is 4.74 Å². The maximum atomic E-state index is 12.9. The summed E-state index contributed by atoms with van der Waals surface area (Å²) in [6.45, 7) is 8.89. The van der Waals surface area contributed by atoms with E-state index in [2.05, 4.69) is 32.9 Å². The van der Waals surface area contributed by atoms with Crippen LogP contribution >= 0.6 is 0 Å². The molecule has 4 heteroatoms. The normalized spacial score (nSPS) is 30.0. The number of amides is 1. The van der Waals surface area contributed by atoms with E-state index >= 15 is 0 Å². The van der Waals surface area contributed by atoms with Crippen molar-refractivity contribution < 1.29 is 14.4 Å². The van der Waals surface area contributed by atoms with Crippen molar-refractivity contribution >= 4 is 11.6 Å². The van der Waals surface area contributed by atoms with Crippen LogP contribution < -0.4 is 9.80 Å². The molecule has 2 heterocycles. The van der Waals surface area contributed by atoms with Gasteiger partial charge in [-0.3, -0.25) is 4.79 Å². The molecule has 1 aromatic carbocycles. The van der Waals surface area contributed by atoms with E-state index in [-0.39, 0.29) is 24.2 Å². The van der Waals surface area contributed by atoms with Gasteiger partial charge in [-0.1, -0.05) is 18.2 Å². The standard InChI is InChI=1S/C17H24N2O2/c1-12-10-18(11-13(2)21-12)14(3)17(20)19-9-8-15-6-4-5-7-16(15)19/h4-7,12-14H,8-11H2,1-3H3/p+1/t12-,13-,14-/m0/s1. The van der Waals surface area contributed by atoms with Crippen molar-refractivity contribution in [1.82, 2.24) is 0 Å². The second kappa shape index (κ2) is 5.78. The lowest BCUT2D eigenvalue weighted by Crippen LogP contribution is -3.19. The molecule has 0 bridgehead atoms. The van der Waals surface area contributed by atoms with Gasteiger partial charge in [-0.2, -0.15) is 0 Å². The van der Waals surface area contributed by atoms with Gasteiger partial charge in [0.05, 0.1) is 0 Å². The minimum absolute atomic E-state index is 0.00930. The first-order valence-electron chi connectivity index (χ1n) is 7.95. The van der Waals surface area contributed by atoms with Crippen LogP contribution in [0, 0.1) is 0 Å². The Morgan fingerprint density at radius 1 is 1.29 bits per heavy atom. The van der Waals surface area contributed by atoms with Crippen LogP contribution in [-0.4, -0.2) is 43.8 Å². The fourth-order valence-corrected chi connectivity index (χ4v) is 3.64. The third-order valence-corrected chi connectivity index (χ3v) is 4.70. The molecular weight excluding hydrogens is 264 g/mol. The van der Waals surface area contributed by atoms with Gasteiger partial charge in [-0.05, 0) is 38.8 Å². The Labute approximate surface area is 126 Å². The molecule has 0 aliphatic carbocycles. The average molecular weight is 289 g/mol. The summed E-state index contributed by atoms with van der Waals surface area (Å²) in [5, 5.41) is 0. The third-order valence-electron chi connectivity index (χ3n) is 4.70. The molecule has 1 N–H and O–H groups in total. The first kappa shape index (κ1) is 14.5. The number of carbonyl (C=O) groups excluding carboxylic acids is 1. The highest BCUT2D eigenvalue weighted by Gasteiger charge is 2.37. The van der Waals surface area contributed by atoms with Crippen molar-refractivity contribution in [2.45, 2.75) is 45.4 Å². The van der Waals surface area contributed by atoms with Gasteiger partial charge >= 0.3 is 0 Å². The zero-order valence-corrected chi connectivity index (χ0v) is 13.1. The summed E-state index contributed by atoms with van der Waals surface area (Å²) in [4.78, 5) is 16.2. The fraction of sp³-hybridized carbons (Fsp3) is 0.588. The average Bonchev–Trinajstić information content (AvgIpc) is 2.88. The molecule has 3 rings (SSSR count). The Kier molecular flexibility index (Phi) is 4.00. The highest BCUT2D eigenvalue weighted by Crippen LogP contribution is 2.27. The molecule has 0 unspecified atom stereocenters. The Balaban J connectivity index is 1.74. The molecule has 1 aromatic rings. The number of rotatable bonds is 2. The summed E-state index contributed by atoms with van der Waals surface area (Å²) in [6, 6.07) is 8.24. The number of fused-ring (bicyclic) bond motifs is 1. The molecule has 0 saturated carbocycles. The van der Waals surface area contributed by atoms with E-state index in [9.17, 15) is 4.79 Å². The van der Waals surface area contributed by atoms with Gasteiger partial charge in [0.15, 0.2) is 6.04 Å². The number of hydrogen-bond acceptors (Lipinski definition) is 2. The summed E-state index contributed by atoms with van der Waals surface area (Å²) < 4.78 is 5.78. The molecule has 0 radical (unpaired) electrons. The third kappa shape index (κ3) is 2.83. The SMILES string of the molecule is C[C@H]1C[NH+]([C@@H](C)C(=O)N2CCc3ccccc32)C[C@H](C)O1. The van der Waals surface area contributed by atoms with Gasteiger partial charge < -0.3 is 14.5 Å². The zero-order chi connectivity index (χ0) is 15.0.